The first-order chi connectivity index (χ1) is 13.8. The van der Waals surface area contributed by atoms with E-state index in [0.717, 1.165) is 45.2 Å². The zero-order chi connectivity index (χ0) is 19.8. The summed E-state index contributed by atoms with van der Waals surface area (Å²) in [5.41, 5.74) is 6.83. The molecule has 0 saturated heterocycles. The van der Waals surface area contributed by atoms with E-state index in [0.29, 0.717) is 0 Å². The molecule has 0 saturated carbocycles. The maximum atomic E-state index is 5.41. The normalized spacial score (nSPS) is 10.2. The minimum Gasteiger partial charge on any atom is -0.494 e. The maximum absolute atomic E-state index is 5.41. The van der Waals surface area contributed by atoms with Crippen molar-refractivity contribution in [3.05, 3.63) is 66.5 Å². The molecule has 0 fully saturated rings. The first-order valence-electron chi connectivity index (χ1n) is 8.94. The average Bonchev–Trinajstić information content (AvgIpc) is 3.24. The second-order valence-corrected chi connectivity index (χ2v) is 6.83. The number of hydrogen-bond donors (Lipinski definition) is 2. The lowest BCUT2D eigenvalue weighted by molar-refractivity contribution is 0.418. The largest absolute Gasteiger partial charge is 0.494 e. The van der Waals surface area contributed by atoms with Gasteiger partial charge in [0.15, 0.2) is 0 Å². The Morgan fingerprint density at radius 2 is 1.86 bits per heavy atom. The van der Waals surface area contributed by atoms with Crippen LogP contribution in [-0.4, -0.2) is 35.9 Å². The molecular weight excluding hydrogens is 370 g/mol. The van der Waals surface area contributed by atoms with Crippen molar-refractivity contribution < 1.29 is 4.74 Å². The van der Waals surface area contributed by atoms with Gasteiger partial charge in [0.25, 0.3) is 0 Å². The summed E-state index contributed by atoms with van der Waals surface area (Å²) < 4.78 is 5.41. The van der Waals surface area contributed by atoms with Gasteiger partial charge in [-0.15, -0.1) is 10.2 Å². The highest BCUT2D eigenvalue weighted by Crippen LogP contribution is 2.32. The van der Waals surface area contributed by atoms with Crippen LogP contribution in [0.1, 0.15) is 5.56 Å². The SMILES string of the molecule is CN.COc1cncc2ccc(-c3nnc(NCCc4ccccc4)s3)cc12. The number of anilines is 1. The van der Waals surface area contributed by atoms with Crippen molar-refractivity contribution in [1.82, 2.24) is 15.2 Å². The Kier molecular flexibility index (Phi) is 6.89. The van der Waals surface area contributed by atoms with E-state index in [1.165, 1.54) is 12.6 Å². The lowest BCUT2D eigenvalue weighted by Crippen LogP contribution is -2.04. The highest BCUT2D eigenvalue weighted by Gasteiger charge is 2.09. The third kappa shape index (κ3) is 4.62. The Morgan fingerprint density at radius 1 is 1.04 bits per heavy atom. The van der Waals surface area contributed by atoms with Crippen LogP contribution in [0.15, 0.2) is 60.9 Å². The van der Waals surface area contributed by atoms with Crippen molar-refractivity contribution in [2.45, 2.75) is 6.42 Å². The molecule has 3 N–H and O–H groups in total. The molecule has 0 aliphatic carbocycles. The predicted octanol–water partition coefficient (Wildman–Crippen LogP) is 3.99. The number of pyridine rings is 1. The van der Waals surface area contributed by atoms with Crippen LogP contribution in [0, 0.1) is 0 Å². The molecule has 0 atom stereocenters. The molecule has 0 radical (unpaired) electrons. The molecule has 0 aliphatic heterocycles. The van der Waals surface area contributed by atoms with Gasteiger partial charge < -0.3 is 15.8 Å². The van der Waals surface area contributed by atoms with Gasteiger partial charge in [-0.1, -0.05) is 53.8 Å². The van der Waals surface area contributed by atoms with E-state index in [9.17, 15) is 0 Å². The number of benzene rings is 2. The second kappa shape index (κ2) is 9.77. The van der Waals surface area contributed by atoms with Gasteiger partial charge in [0.1, 0.15) is 10.8 Å². The van der Waals surface area contributed by atoms with Gasteiger partial charge in [-0.05, 0) is 25.1 Å². The fourth-order valence-electron chi connectivity index (χ4n) is 2.80. The molecule has 0 bridgehead atoms. The topological polar surface area (TPSA) is 86.0 Å². The molecule has 0 spiro atoms. The van der Waals surface area contributed by atoms with E-state index in [-0.39, 0.29) is 0 Å². The number of nitrogens with two attached hydrogens (primary N) is 1. The van der Waals surface area contributed by atoms with Gasteiger partial charge in [-0.3, -0.25) is 4.98 Å². The third-order valence-corrected chi connectivity index (χ3v) is 5.08. The van der Waals surface area contributed by atoms with E-state index < -0.39 is 0 Å². The minimum atomic E-state index is 0.759. The fourth-order valence-corrected chi connectivity index (χ4v) is 3.57. The third-order valence-electron chi connectivity index (χ3n) is 4.15. The second-order valence-electron chi connectivity index (χ2n) is 5.85. The van der Waals surface area contributed by atoms with E-state index in [1.54, 1.807) is 24.6 Å². The van der Waals surface area contributed by atoms with Crippen LogP contribution in [0.2, 0.25) is 0 Å². The van der Waals surface area contributed by atoms with Crippen molar-refractivity contribution >= 4 is 27.2 Å². The number of rotatable bonds is 6. The zero-order valence-electron chi connectivity index (χ0n) is 15.9. The van der Waals surface area contributed by atoms with Crippen molar-refractivity contribution in [2.24, 2.45) is 5.73 Å². The van der Waals surface area contributed by atoms with E-state index >= 15 is 0 Å². The highest BCUT2D eigenvalue weighted by atomic mass is 32.1. The average molecular weight is 394 g/mol. The van der Waals surface area contributed by atoms with Crippen LogP contribution in [0.3, 0.4) is 0 Å². The summed E-state index contributed by atoms with van der Waals surface area (Å²) in [4.78, 5) is 4.19. The van der Waals surface area contributed by atoms with Gasteiger partial charge >= 0.3 is 0 Å². The molecule has 4 rings (SSSR count). The first kappa shape index (κ1) is 19.7. The summed E-state index contributed by atoms with van der Waals surface area (Å²) in [5.74, 6) is 0.759. The van der Waals surface area contributed by atoms with Gasteiger partial charge in [0.2, 0.25) is 5.13 Å². The van der Waals surface area contributed by atoms with Crippen molar-refractivity contribution in [3.8, 4) is 16.3 Å². The molecular formula is C21H23N5OS. The summed E-state index contributed by atoms with van der Waals surface area (Å²) in [5, 5.41) is 15.7. The zero-order valence-corrected chi connectivity index (χ0v) is 16.7. The quantitative estimate of drug-likeness (QED) is 0.515. The van der Waals surface area contributed by atoms with Crippen molar-refractivity contribution in [3.63, 3.8) is 0 Å². The Hall–Kier alpha value is -3.03. The molecule has 0 aliphatic rings. The number of aromatic nitrogens is 3. The molecule has 28 heavy (non-hydrogen) atoms. The van der Waals surface area contributed by atoms with Gasteiger partial charge in [0.05, 0.1) is 13.3 Å². The standard InChI is InChI=1S/C20H18N4OS.CH5N/c1-25-18-13-21-12-16-8-7-15(11-17(16)18)19-23-24-20(26-19)22-10-9-14-5-3-2-4-6-14;1-2/h2-8,11-13H,9-10H2,1H3,(H,22,24);2H2,1H3. The van der Waals surface area contributed by atoms with Crippen LogP contribution in [0.4, 0.5) is 5.13 Å². The Morgan fingerprint density at radius 3 is 2.64 bits per heavy atom. The van der Waals surface area contributed by atoms with Crippen LogP contribution >= 0.6 is 11.3 Å². The minimum absolute atomic E-state index is 0.759. The summed E-state index contributed by atoms with van der Waals surface area (Å²) in [6, 6.07) is 16.5. The van der Waals surface area contributed by atoms with E-state index in [1.807, 2.05) is 24.4 Å². The summed E-state index contributed by atoms with van der Waals surface area (Å²) >= 11 is 1.55. The smallest absolute Gasteiger partial charge is 0.206 e. The maximum Gasteiger partial charge on any atom is 0.206 e. The molecule has 4 aromatic rings. The molecule has 7 heteroatoms. The summed E-state index contributed by atoms with van der Waals surface area (Å²) in [7, 11) is 3.16. The van der Waals surface area contributed by atoms with Crippen molar-refractivity contribution in [1.29, 1.82) is 0 Å². The Bertz CT molecular complexity index is 1020. The monoisotopic (exact) mass is 393 g/mol. The summed E-state index contributed by atoms with van der Waals surface area (Å²) in [6.07, 6.45) is 4.51. The van der Waals surface area contributed by atoms with Crippen LogP contribution in [0.25, 0.3) is 21.3 Å². The summed E-state index contributed by atoms with van der Waals surface area (Å²) in [6.45, 7) is 0.829. The molecule has 144 valence electrons. The molecule has 0 unspecified atom stereocenters. The van der Waals surface area contributed by atoms with E-state index in [4.69, 9.17) is 4.74 Å². The number of hydrogen-bond acceptors (Lipinski definition) is 7. The Balaban J connectivity index is 0.00000109. The number of nitrogens with zero attached hydrogens (tertiary/aromatic N) is 3. The van der Waals surface area contributed by atoms with Crippen LogP contribution < -0.4 is 15.8 Å². The number of ether oxygens (including phenoxy) is 1. The Labute approximate surface area is 168 Å². The van der Waals surface area contributed by atoms with Crippen LogP contribution in [-0.2, 0) is 6.42 Å². The molecule has 0 amide bonds. The lowest BCUT2D eigenvalue weighted by Gasteiger charge is -2.05. The van der Waals surface area contributed by atoms with Crippen molar-refractivity contribution in [2.75, 3.05) is 26.0 Å². The molecule has 6 nitrogen and oxygen atoms in total. The molecule has 2 aromatic carbocycles. The number of methoxy groups -OCH3 is 1. The fraction of sp³-hybridized carbons (Fsp3) is 0.190. The van der Waals surface area contributed by atoms with Crippen LogP contribution in [0.5, 0.6) is 5.75 Å². The number of fused-ring (bicyclic) bond motifs is 1. The molecule has 2 heterocycles. The van der Waals surface area contributed by atoms with Gasteiger partial charge in [0, 0.05) is 29.1 Å². The highest BCUT2D eigenvalue weighted by molar-refractivity contribution is 7.18. The number of nitrogens with one attached hydrogen (secondary N) is 1. The molecule has 2 aromatic heterocycles. The van der Waals surface area contributed by atoms with E-state index in [2.05, 4.69) is 56.6 Å². The van der Waals surface area contributed by atoms with Gasteiger partial charge in [-0.2, -0.15) is 0 Å². The first-order valence-corrected chi connectivity index (χ1v) is 9.76. The predicted molar refractivity (Wildman–Crippen MR) is 116 cm³/mol. The lowest BCUT2D eigenvalue weighted by atomic mass is 10.1. The van der Waals surface area contributed by atoms with Gasteiger partial charge in [-0.25, -0.2) is 0 Å².